The minimum absolute atomic E-state index is 0.133. The first kappa shape index (κ1) is 50.3. The number of amides is 4. The molecule has 0 atom stereocenters. The Morgan fingerprint density at radius 3 is 0.519 bits per heavy atom. The first-order valence-electron chi connectivity index (χ1n) is 23.1. The zero-order valence-electron chi connectivity index (χ0n) is 34.9. The van der Waals surface area contributed by atoms with Crippen molar-refractivity contribution in [3.8, 4) is 0 Å². The summed E-state index contributed by atoms with van der Waals surface area (Å²) in [6.07, 6.45) is 46.2. The zero-order chi connectivity index (χ0) is 38.0. The van der Waals surface area contributed by atoms with E-state index in [4.69, 9.17) is 0 Å². The van der Waals surface area contributed by atoms with Crippen LogP contribution in [0.3, 0.4) is 0 Å². The van der Waals surface area contributed by atoms with Crippen molar-refractivity contribution in [3.05, 3.63) is 0 Å². The fourth-order valence-electron chi connectivity index (χ4n) is 7.15. The lowest BCUT2D eigenvalue weighted by Gasteiger charge is -2.06. The number of hydrogen-bond acceptors (Lipinski definition) is 4. The molecule has 0 rings (SSSR count). The number of rotatable bonds is 41. The third-order valence-corrected chi connectivity index (χ3v) is 10.6. The highest BCUT2D eigenvalue weighted by Crippen LogP contribution is 2.16. The molecule has 0 bridgehead atoms. The van der Waals surface area contributed by atoms with Gasteiger partial charge in [-0.15, -0.1) is 0 Å². The number of imide groups is 2. The van der Waals surface area contributed by atoms with Crippen molar-refractivity contribution in [2.75, 3.05) is 0 Å². The van der Waals surface area contributed by atoms with E-state index in [1.54, 1.807) is 0 Å². The molecule has 6 heteroatoms. The van der Waals surface area contributed by atoms with E-state index >= 15 is 0 Å². The molecule has 0 aromatic rings. The summed E-state index contributed by atoms with van der Waals surface area (Å²) in [7, 11) is 0. The number of carbonyl (C=O) groups excluding carboxylic acids is 4. The predicted molar refractivity (Wildman–Crippen MR) is 222 cm³/mol. The van der Waals surface area contributed by atoms with Crippen LogP contribution in [-0.4, -0.2) is 23.6 Å². The van der Waals surface area contributed by atoms with E-state index in [0.29, 0.717) is 25.7 Å². The summed E-state index contributed by atoms with van der Waals surface area (Å²) in [4.78, 5) is 48.4. The van der Waals surface area contributed by atoms with Gasteiger partial charge in [0.2, 0.25) is 23.6 Å². The molecule has 6 nitrogen and oxygen atoms in total. The maximum atomic E-state index is 12.1. The van der Waals surface area contributed by atoms with Crippen molar-refractivity contribution in [1.82, 2.24) is 10.6 Å². The average Bonchev–Trinajstić information content (AvgIpc) is 3.12. The predicted octanol–water partition coefficient (Wildman–Crippen LogP) is 13.9. The topological polar surface area (TPSA) is 92.3 Å². The van der Waals surface area contributed by atoms with E-state index in [1.165, 1.54) is 167 Å². The highest BCUT2D eigenvalue weighted by Gasteiger charge is 2.09. The summed E-state index contributed by atoms with van der Waals surface area (Å²) in [6, 6.07) is 0. The molecule has 0 aromatic carbocycles. The minimum Gasteiger partial charge on any atom is -0.296 e. The summed E-state index contributed by atoms with van der Waals surface area (Å²) in [6.45, 7) is 4.54. The maximum Gasteiger partial charge on any atom is 0.226 e. The molecule has 0 aliphatic heterocycles. The Morgan fingerprint density at radius 1 is 0.231 bits per heavy atom. The lowest BCUT2D eigenvalue weighted by molar-refractivity contribution is -0.132. The molecule has 0 saturated carbocycles. The molecule has 52 heavy (non-hydrogen) atoms. The molecule has 306 valence electrons. The average molecular weight is 733 g/mol. The number of nitrogens with one attached hydrogen (secondary N) is 2. The maximum absolute atomic E-state index is 12.1. The van der Waals surface area contributed by atoms with Gasteiger partial charge in [0.05, 0.1) is 0 Å². The normalized spacial score (nSPS) is 11.2. The molecular weight excluding hydrogens is 645 g/mol. The van der Waals surface area contributed by atoms with Crippen molar-refractivity contribution in [1.29, 1.82) is 0 Å². The van der Waals surface area contributed by atoms with E-state index < -0.39 is 0 Å². The van der Waals surface area contributed by atoms with Crippen LogP contribution in [0.4, 0.5) is 0 Å². The van der Waals surface area contributed by atoms with Crippen molar-refractivity contribution in [2.45, 2.75) is 271 Å². The molecule has 0 radical (unpaired) electrons. The van der Waals surface area contributed by atoms with Crippen LogP contribution in [-0.2, 0) is 19.2 Å². The van der Waals surface area contributed by atoms with Crippen LogP contribution >= 0.6 is 0 Å². The monoisotopic (exact) mass is 733 g/mol. The second-order valence-corrected chi connectivity index (χ2v) is 16.0. The highest BCUT2D eigenvalue weighted by atomic mass is 16.2. The van der Waals surface area contributed by atoms with Crippen LogP contribution in [0.1, 0.15) is 271 Å². The minimum atomic E-state index is -0.156. The van der Waals surface area contributed by atoms with Gasteiger partial charge in [-0.3, -0.25) is 29.8 Å². The van der Waals surface area contributed by atoms with Gasteiger partial charge in [0.15, 0.2) is 0 Å². The lowest BCUT2D eigenvalue weighted by atomic mass is 10.0. The zero-order valence-corrected chi connectivity index (χ0v) is 34.9. The fraction of sp³-hybridized carbons (Fsp3) is 0.913. The molecule has 0 fully saturated rings. The molecule has 4 amide bonds. The first-order chi connectivity index (χ1) is 25.5. The van der Waals surface area contributed by atoms with Gasteiger partial charge >= 0.3 is 0 Å². The van der Waals surface area contributed by atoms with E-state index in [-0.39, 0.29) is 23.6 Å². The second kappa shape index (κ2) is 42.0. The van der Waals surface area contributed by atoms with Crippen LogP contribution < -0.4 is 10.6 Å². The molecule has 0 heterocycles. The van der Waals surface area contributed by atoms with Gasteiger partial charge < -0.3 is 0 Å². The van der Waals surface area contributed by atoms with E-state index in [0.717, 1.165) is 64.2 Å². The van der Waals surface area contributed by atoms with E-state index in [9.17, 15) is 19.2 Å². The summed E-state index contributed by atoms with van der Waals surface area (Å²) >= 11 is 0. The third-order valence-electron chi connectivity index (χ3n) is 10.6. The first-order valence-corrected chi connectivity index (χ1v) is 23.1. The highest BCUT2D eigenvalue weighted by molar-refractivity contribution is 5.95. The van der Waals surface area contributed by atoms with Gasteiger partial charge in [-0.25, -0.2) is 0 Å². The standard InChI is InChI=1S/C46H88N2O4/c1-3-5-7-9-11-13-15-17-19-21-23-25-27-31-35-39-43(49)47-45(51)41-37-33-29-30-34-38-42-46(52)48-44(50)40-36-32-28-26-24-22-20-18-16-14-12-10-8-6-4-2/h3-42H2,1-2H3,(H,47,49,51)(H,48,50,52). The largest absolute Gasteiger partial charge is 0.296 e. The van der Waals surface area contributed by atoms with Crippen molar-refractivity contribution < 1.29 is 19.2 Å². The van der Waals surface area contributed by atoms with Crippen LogP contribution in [0.5, 0.6) is 0 Å². The SMILES string of the molecule is CCCCCCCCCCCCCCCCCC(=O)NC(=O)CCCCCCCCC(=O)NC(=O)CCCCCCCCCCCCCCCCC. The number of carbonyl (C=O) groups is 4. The van der Waals surface area contributed by atoms with Gasteiger partial charge in [-0.1, -0.05) is 219 Å². The fourth-order valence-corrected chi connectivity index (χ4v) is 7.15. The molecule has 0 aliphatic carbocycles. The molecule has 0 spiro atoms. The molecule has 0 saturated heterocycles. The Kier molecular flexibility index (Phi) is 40.6. The quantitative estimate of drug-likeness (QED) is 0.0612. The smallest absolute Gasteiger partial charge is 0.226 e. The Balaban J connectivity index is 3.42. The van der Waals surface area contributed by atoms with Gasteiger partial charge in [-0.2, -0.15) is 0 Å². The van der Waals surface area contributed by atoms with Crippen LogP contribution in [0.2, 0.25) is 0 Å². The number of hydrogen-bond donors (Lipinski definition) is 2. The molecular formula is C46H88N2O4. The van der Waals surface area contributed by atoms with E-state index in [1.807, 2.05) is 0 Å². The van der Waals surface area contributed by atoms with Gasteiger partial charge in [0.25, 0.3) is 0 Å². The van der Waals surface area contributed by atoms with Crippen LogP contribution in [0.15, 0.2) is 0 Å². The Morgan fingerprint density at radius 2 is 0.365 bits per heavy atom. The van der Waals surface area contributed by atoms with Crippen LogP contribution in [0.25, 0.3) is 0 Å². The summed E-state index contributed by atoms with van der Waals surface area (Å²) in [5.41, 5.74) is 0. The second-order valence-electron chi connectivity index (χ2n) is 16.0. The number of unbranched alkanes of at least 4 members (excludes halogenated alkanes) is 33. The van der Waals surface area contributed by atoms with Crippen molar-refractivity contribution in [2.24, 2.45) is 0 Å². The molecule has 0 aromatic heterocycles. The summed E-state index contributed by atoms with van der Waals surface area (Å²) in [5.74, 6) is -0.578. The molecule has 0 unspecified atom stereocenters. The van der Waals surface area contributed by atoms with Crippen molar-refractivity contribution >= 4 is 23.6 Å². The van der Waals surface area contributed by atoms with Crippen molar-refractivity contribution in [3.63, 3.8) is 0 Å². The van der Waals surface area contributed by atoms with E-state index in [2.05, 4.69) is 24.5 Å². The van der Waals surface area contributed by atoms with Gasteiger partial charge in [-0.05, 0) is 25.7 Å². The lowest BCUT2D eigenvalue weighted by Crippen LogP contribution is -2.29. The van der Waals surface area contributed by atoms with Gasteiger partial charge in [0, 0.05) is 25.7 Å². The summed E-state index contributed by atoms with van der Waals surface area (Å²) in [5, 5.41) is 5.11. The van der Waals surface area contributed by atoms with Crippen LogP contribution in [0, 0.1) is 0 Å². The third kappa shape index (κ3) is 41.0. The Labute approximate surface area is 323 Å². The Bertz CT molecular complexity index is 748. The molecule has 2 N–H and O–H groups in total. The Hall–Kier alpha value is -1.72. The van der Waals surface area contributed by atoms with Gasteiger partial charge in [0.1, 0.15) is 0 Å². The summed E-state index contributed by atoms with van der Waals surface area (Å²) < 4.78 is 0. The molecule has 0 aliphatic rings.